The van der Waals surface area contributed by atoms with Gasteiger partial charge >= 0.3 is 0 Å². The molecular formula is C17H24N6O2S2. The van der Waals surface area contributed by atoms with Gasteiger partial charge in [-0.25, -0.2) is 0 Å². The van der Waals surface area contributed by atoms with Crippen molar-refractivity contribution in [2.45, 2.75) is 32.0 Å². The zero-order valence-corrected chi connectivity index (χ0v) is 17.8. The van der Waals surface area contributed by atoms with Crippen LogP contribution in [0.5, 0.6) is 5.75 Å². The van der Waals surface area contributed by atoms with Crippen LogP contribution in [0.2, 0.25) is 0 Å². The van der Waals surface area contributed by atoms with E-state index in [0.29, 0.717) is 22.3 Å². The van der Waals surface area contributed by atoms with E-state index in [4.69, 9.17) is 4.74 Å². The Morgan fingerprint density at radius 3 is 2.59 bits per heavy atom. The number of nitrogens with zero attached hydrogens (tertiary/aromatic N) is 5. The van der Waals surface area contributed by atoms with Crippen molar-refractivity contribution in [2.75, 3.05) is 36.2 Å². The second kappa shape index (κ2) is 10.2. The smallest absolute Gasteiger partial charge is 0.252 e. The maximum absolute atomic E-state index is 11.6. The fourth-order valence-electron chi connectivity index (χ4n) is 2.43. The van der Waals surface area contributed by atoms with E-state index in [1.807, 2.05) is 6.07 Å². The molecule has 0 atom stereocenters. The third-order valence-electron chi connectivity index (χ3n) is 3.62. The lowest BCUT2D eigenvalue weighted by molar-refractivity contribution is -0.114. The molecule has 1 amide bonds. The van der Waals surface area contributed by atoms with Crippen molar-refractivity contribution >= 4 is 51.2 Å². The number of carbonyl (C=O) groups excluding carboxylic acids is 1. The molecular weight excluding hydrogens is 384 g/mol. The molecule has 0 aliphatic carbocycles. The van der Waals surface area contributed by atoms with Gasteiger partial charge in [0.05, 0.1) is 18.5 Å². The topological polar surface area (TPSA) is 92.1 Å². The molecule has 0 saturated heterocycles. The van der Waals surface area contributed by atoms with Gasteiger partial charge in [-0.15, -0.1) is 20.4 Å². The van der Waals surface area contributed by atoms with E-state index in [-0.39, 0.29) is 5.91 Å². The summed E-state index contributed by atoms with van der Waals surface area (Å²) < 4.78 is 6.38. The van der Waals surface area contributed by atoms with Gasteiger partial charge in [0.15, 0.2) is 4.34 Å². The average Bonchev–Trinajstić information content (AvgIpc) is 3.09. The number of azo groups is 1. The van der Waals surface area contributed by atoms with Gasteiger partial charge in [0.25, 0.3) is 5.13 Å². The van der Waals surface area contributed by atoms with Gasteiger partial charge < -0.3 is 15.0 Å². The van der Waals surface area contributed by atoms with Crippen molar-refractivity contribution in [3.05, 3.63) is 12.1 Å². The number of ether oxygens (including phenoxy) is 1. The lowest BCUT2D eigenvalue weighted by Crippen LogP contribution is -2.22. The second-order valence-corrected chi connectivity index (χ2v) is 7.85. The quantitative estimate of drug-likeness (QED) is 0.470. The summed E-state index contributed by atoms with van der Waals surface area (Å²) in [5, 5.41) is 19.8. The van der Waals surface area contributed by atoms with E-state index in [9.17, 15) is 4.79 Å². The van der Waals surface area contributed by atoms with Crippen molar-refractivity contribution in [2.24, 2.45) is 10.2 Å². The van der Waals surface area contributed by atoms with Crippen LogP contribution < -0.4 is 15.0 Å². The Morgan fingerprint density at radius 1 is 1.26 bits per heavy atom. The molecule has 2 rings (SSSR count). The number of hydrogen-bond acceptors (Lipinski definition) is 9. The molecule has 0 unspecified atom stereocenters. The molecule has 8 nitrogen and oxygen atoms in total. The SMILES string of the molecule is CCSc1nnc(N=Nc2cc(OC)c(N(CC)CC)cc2NC(C)=O)s1. The number of amides is 1. The lowest BCUT2D eigenvalue weighted by Gasteiger charge is -2.24. The second-order valence-electron chi connectivity index (χ2n) is 5.38. The van der Waals surface area contributed by atoms with Gasteiger partial charge in [-0.3, -0.25) is 4.79 Å². The van der Waals surface area contributed by atoms with Gasteiger partial charge in [-0.05, 0) is 25.7 Å². The number of thioether (sulfide) groups is 1. The molecule has 1 aromatic carbocycles. The molecule has 0 radical (unpaired) electrons. The molecule has 0 spiro atoms. The summed E-state index contributed by atoms with van der Waals surface area (Å²) in [5.74, 6) is 1.41. The minimum atomic E-state index is -0.181. The number of rotatable bonds is 9. The van der Waals surface area contributed by atoms with Crippen molar-refractivity contribution in [3.63, 3.8) is 0 Å². The normalized spacial score (nSPS) is 11.0. The highest BCUT2D eigenvalue weighted by molar-refractivity contribution is 8.01. The predicted octanol–water partition coefficient (Wildman–Crippen LogP) is 4.88. The Labute approximate surface area is 167 Å². The number of hydrogen-bond donors (Lipinski definition) is 1. The van der Waals surface area contributed by atoms with Crippen LogP contribution >= 0.6 is 23.1 Å². The highest BCUT2D eigenvalue weighted by Crippen LogP contribution is 2.39. The summed E-state index contributed by atoms with van der Waals surface area (Å²) in [6, 6.07) is 3.63. The molecule has 10 heteroatoms. The Kier molecular flexibility index (Phi) is 7.99. The molecule has 0 saturated carbocycles. The Balaban J connectivity index is 2.42. The first kappa shape index (κ1) is 21.1. The molecule has 2 aromatic rings. The third kappa shape index (κ3) is 5.64. The summed E-state index contributed by atoms with van der Waals surface area (Å²) in [5.41, 5.74) is 1.96. The number of nitrogens with one attached hydrogen (secondary N) is 1. The number of benzene rings is 1. The van der Waals surface area contributed by atoms with Crippen molar-refractivity contribution in [1.82, 2.24) is 10.2 Å². The van der Waals surface area contributed by atoms with E-state index in [2.05, 4.69) is 51.4 Å². The van der Waals surface area contributed by atoms with Crippen LogP contribution in [0.1, 0.15) is 27.7 Å². The zero-order chi connectivity index (χ0) is 19.8. The standard InChI is InChI=1S/C17H24N6O2S2/c1-6-23(7-2)14-9-12(18-11(4)24)13(10-15(14)25-5)19-20-16-21-22-17(27-16)26-8-3/h9-10H,6-8H2,1-5H3,(H,18,24). The first-order valence-corrected chi connectivity index (χ1v) is 10.4. The summed E-state index contributed by atoms with van der Waals surface area (Å²) in [4.78, 5) is 13.8. The molecule has 0 fully saturated rings. The minimum Gasteiger partial charge on any atom is -0.494 e. The first-order valence-electron chi connectivity index (χ1n) is 8.64. The molecule has 0 aliphatic rings. The van der Waals surface area contributed by atoms with Crippen LogP contribution in [0.25, 0.3) is 0 Å². The Hall–Kier alpha value is -2.20. The van der Waals surface area contributed by atoms with Crippen LogP contribution in [0.3, 0.4) is 0 Å². The van der Waals surface area contributed by atoms with Crippen LogP contribution in [0.15, 0.2) is 26.7 Å². The van der Waals surface area contributed by atoms with Gasteiger partial charge in [0.2, 0.25) is 5.91 Å². The van der Waals surface area contributed by atoms with E-state index in [1.54, 1.807) is 24.9 Å². The van der Waals surface area contributed by atoms with E-state index >= 15 is 0 Å². The molecule has 1 heterocycles. The molecule has 1 aromatic heterocycles. The van der Waals surface area contributed by atoms with Crippen molar-refractivity contribution in [3.8, 4) is 5.75 Å². The average molecular weight is 409 g/mol. The van der Waals surface area contributed by atoms with Crippen LogP contribution in [0, 0.1) is 0 Å². The van der Waals surface area contributed by atoms with Gasteiger partial charge in [-0.2, -0.15) is 0 Å². The fourth-order valence-corrected chi connectivity index (χ4v) is 3.99. The summed E-state index contributed by atoms with van der Waals surface area (Å²) in [7, 11) is 1.61. The largest absolute Gasteiger partial charge is 0.494 e. The third-order valence-corrected chi connectivity index (χ3v) is 5.44. The maximum Gasteiger partial charge on any atom is 0.252 e. The van der Waals surface area contributed by atoms with E-state index in [0.717, 1.165) is 28.9 Å². The Morgan fingerprint density at radius 2 is 2.00 bits per heavy atom. The lowest BCUT2D eigenvalue weighted by atomic mass is 10.2. The summed E-state index contributed by atoms with van der Waals surface area (Å²) in [6.07, 6.45) is 0. The maximum atomic E-state index is 11.6. The molecule has 146 valence electrons. The number of aromatic nitrogens is 2. The summed E-state index contributed by atoms with van der Waals surface area (Å²) in [6.45, 7) is 9.27. The monoisotopic (exact) mass is 408 g/mol. The van der Waals surface area contributed by atoms with Gasteiger partial charge in [0, 0.05) is 26.1 Å². The first-order chi connectivity index (χ1) is 13.0. The fraction of sp³-hybridized carbons (Fsp3) is 0.471. The number of anilines is 2. The van der Waals surface area contributed by atoms with E-state index < -0.39 is 0 Å². The van der Waals surface area contributed by atoms with Gasteiger partial charge in [-0.1, -0.05) is 30.0 Å². The molecule has 1 N–H and O–H groups in total. The van der Waals surface area contributed by atoms with Crippen molar-refractivity contribution < 1.29 is 9.53 Å². The molecule has 0 aliphatic heterocycles. The predicted molar refractivity (Wildman–Crippen MR) is 111 cm³/mol. The Bertz CT molecular complexity index is 805. The van der Waals surface area contributed by atoms with Crippen LogP contribution in [0.4, 0.5) is 22.2 Å². The van der Waals surface area contributed by atoms with E-state index in [1.165, 1.54) is 18.3 Å². The number of methoxy groups -OCH3 is 1. The number of carbonyl (C=O) groups is 1. The minimum absolute atomic E-state index is 0.181. The molecule has 27 heavy (non-hydrogen) atoms. The van der Waals surface area contributed by atoms with Crippen LogP contribution in [-0.2, 0) is 4.79 Å². The highest BCUT2D eigenvalue weighted by Gasteiger charge is 2.15. The highest BCUT2D eigenvalue weighted by atomic mass is 32.2. The van der Waals surface area contributed by atoms with Gasteiger partial charge in [0.1, 0.15) is 11.4 Å². The zero-order valence-electron chi connectivity index (χ0n) is 16.1. The van der Waals surface area contributed by atoms with Crippen LogP contribution in [-0.4, -0.2) is 42.1 Å². The van der Waals surface area contributed by atoms with Crippen molar-refractivity contribution in [1.29, 1.82) is 0 Å². The molecule has 0 bridgehead atoms. The summed E-state index contributed by atoms with van der Waals surface area (Å²) >= 11 is 2.98.